The van der Waals surface area contributed by atoms with Gasteiger partial charge in [0.1, 0.15) is 11.4 Å². The summed E-state index contributed by atoms with van der Waals surface area (Å²) in [5, 5.41) is 3.30. The molecule has 0 heterocycles. The maximum Gasteiger partial charge on any atom is 0.331 e. The molecule has 3 nitrogen and oxygen atoms in total. The van der Waals surface area contributed by atoms with E-state index >= 15 is 0 Å². The molecule has 1 fully saturated rings. The highest BCUT2D eigenvalue weighted by Gasteiger charge is 2.49. The summed E-state index contributed by atoms with van der Waals surface area (Å²) in [6.45, 7) is 4.25. The van der Waals surface area contributed by atoms with E-state index in [0.29, 0.717) is 11.6 Å². The van der Waals surface area contributed by atoms with Crippen LogP contribution in [0, 0.1) is 17.7 Å². The van der Waals surface area contributed by atoms with E-state index in [0.717, 1.165) is 25.7 Å². The summed E-state index contributed by atoms with van der Waals surface area (Å²) in [5.41, 5.74) is -0.123. The van der Waals surface area contributed by atoms with Crippen LogP contribution in [-0.4, -0.2) is 18.6 Å². The Morgan fingerprint density at radius 2 is 2.19 bits per heavy atom. The average molecular weight is 293 g/mol. The third-order valence-corrected chi connectivity index (χ3v) is 4.52. The number of anilines is 1. The summed E-state index contributed by atoms with van der Waals surface area (Å²) in [7, 11) is 1.42. The number of hydrogen-bond acceptors (Lipinski definition) is 3. The molecular formula is C17H24FNO2. The monoisotopic (exact) mass is 293 g/mol. The molecule has 116 valence electrons. The molecule has 0 aliphatic heterocycles. The normalized spacial score (nSPS) is 25.7. The van der Waals surface area contributed by atoms with Crippen molar-refractivity contribution in [3.8, 4) is 0 Å². The molecule has 0 bridgehead atoms. The highest BCUT2D eigenvalue weighted by Crippen LogP contribution is 2.41. The number of ether oxygens (including phenoxy) is 1. The van der Waals surface area contributed by atoms with Gasteiger partial charge in [-0.3, -0.25) is 0 Å². The molecule has 1 N–H and O–H groups in total. The van der Waals surface area contributed by atoms with Gasteiger partial charge >= 0.3 is 5.97 Å². The zero-order valence-electron chi connectivity index (χ0n) is 13.0. The van der Waals surface area contributed by atoms with E-state index in [1.165, 1.54) is 19.2 Å². The van der Waals surface area contributed by atoms with Crippen LogP contribution in [0.5, 0.6) is 0 Å². The smallest absolute Gasteiger partial charge is 0.331 e. The lowest BCUT2D eigenvalue weighted by Crippen LogP contribution is -2.56. The highest BCUT2D eigenvalue weighted by molar-refractivity contribution is 5.85. The van der Waals surface area contributed by atoms with Gasteiger partial charge in [-0.1, -0.05) is 32.8 Å². The minimum absolute atomic E-state index is 0.182. The van der Waals surface area contributed by atoms with Gasteiger partial charge < -0.3 is 10.1 Å². The van der Waals surface area contributed by atoms with Crippen LogP contribution >= 0.6 is 0 Å². The molecule has 0 radical (unpaired) electrons. The van der Waals surface area contributed by atoms with Gasteiger partial charge in [0.2, 0.25) is 0 Å². The molecule has 1 aliphatic rings. The molecule has 0 aromatic heterocycles. The van der Waals surface area contributed by atoms with E-state index in [4.69, 9.17) is 4.74 Å². The van der Waals surface area contributed by atoms with Crippen LogP contribution < -0.4 is 5.32 Å². The van der Waals surface area contributed by atoms with Gasteiger partial charge in [-0.15, -0.1) is 0 Å². The molecule has 1 saturated carbocycles. The van der Waals surface area contributed by atoms with E-state index in [-0.39, 0.29) is 17.7 Å². The SMILES string of the molecule is COC(=O)C1(Nc2cccc(F)c2)CCCCC1C(C)C. The van der Waals surface area contributed by atoms with Gasteiger partial charge in [-0.2, -0.15) is 0 Å². The van der Waals surface area contributed by atoms with Crippen molar-refractivity contribution in [2.24, 2.45) is 11.8 Å². The van der Waals surface area contributed by atoms with Crippen molar-refractivity contribution in [2.75, 3.05) is 12.4 Å². The van der Waals surface area contributed by atoms with Crippen LogP contribution in [0.15, 0.2) is 24.3 Å². The van der Waals surface area contributed by atoms with Crippen LogP contribution in [0.1, 0.15) is 39.5 Å². The van der Waals surface area contributed by atoms with E-state index in [9.17, 15) is 9.18 Å². The Hall–Kier alpha value is -1.58. The summed E-state index contributed by atoms with van der Waals surface area (Å²) in [5.74, 6) is -0.0190. The number of methoxy groups -OCH3 is 1. The van der Waals surface area contributed by atoms with E-state index in [1.54, 1.807) is 12.1 Å². The minimum atomic E-state index is -0.755. The number of benzene rings is 1. The van der Waals surface area contributed by atoms with Crippen molar-refractivity contribution in [3.05, 3.63) is 30.1 Å². The van der Waals surface area contributed by atoms with Crippen molar-refractivity contribution in [1.82, 2.24) is 0 Å². The minimum Gasteiger partial charge on any atom is -0.467 e. The molecule has 2 rings (SSSR count). The number of halogens is 1. The molecule has 1 aromatic carbocycles. The third kappa shape index (κ3) is 3.20. The second-order valence-electron chi connectivity index (χ2n) is 6.19. The van der Waals surface area contributed by atoms with Crippen molar-refractivity contribution in [1.29, 1.82) is 0 Å². The fraction of sp³-hybridized carbons (Fsp3) is 0.588. The Balaban J connectivity index is 2.38. The van der Waals surface area contributed by atoms with E-state index in [2.05, 4.69) is 19.2 Å². The molecule has 0 saturated heterocycles. The number of esters is 1. The Labute approximate surface area is 125 Å². The van der Waals surface area contributed by atoms with Gasteiger partial charge in [0.05, 0.1) is 7.11 Å². The second kappa shape index (κ2) is 6.46. The van der Waals surface area contributed by atoms with Gasteiger partial charge in [0, 0.05) is 5.69 Å². The number of hydrogen-bond donors (Lipinski definition) is 1. The van der Waals surface area contributed by atoms with Crippen LogP contribution in [0.2, 0.25) is 0 Å². The third-order valence-electron chi connectivity index (χ3n) is 4.52. The molecule has 1 aromatic rings. The molecule has 2 unspecified atom stereocenters. The van der Waals surface area contributed by atoms with E-state index < -0.39 is 5.54 Å². The maximum atomic E-state index is 13.4. The van der Waals surface area contributed by atoms with Gasteiger partial charge in [-0.05, 0) is 42.9 Å². The fourth-order valence-corrected chi connectivity index (χ4v) is 3.57. The predicted molar refractivity (Wildman–Crippen MR) is 81.6 cm³/mol. The zero-order valence-corrected chi connectivity index (χ0v) is 13.0. The van der Waals surface area contributed by atoms with E-state index in [1.807, 2.05) is 0 Å². The second-order valence-corrected chi connectivity index (χ2v) is 6.19. The number of carbonyl (C=O) groups is 1. The van der Waals surface area contributed by atoms with Crippen LogP contribution in [0.4, 0.5) is 10.1 Å². The summed E-state index contributed by atoms with van der Waals surface area (Å²) in [4.78, 5) is 12.5. The molecule has 21 heavy (non-hydrogen) atoms. The van der Waals surface area contributed by atoms with Gasteiger partial charge in [0.15, 0.2) is 0 Å². The molecule has 2 atom stereocenters. The predicted octanol–water partition coefficient (Wildman–Crippen LogP) is 4.00. The first-order valence-electron chi connectivity index (χ1n) is 7.62. The number of nitrogens with one attached hydrogen (secondary N) is 1. The topological polar surface area (TPSA) is 38.3 Å². The highest BCUT2D eigenvalue weighted by atomic mass is 19.1. The fourth-order valence-electron chi connectivity index (χ4n) is 3.57. The van der Waals surface area contributed by atoms with Crippen LogP contribution in [-0.2, 0) is 9.53 Å². The molecule has 4 heteroatoms. The molecule has 0 spiro atoms. The Kier molecular flexibility index (Phi) is 4.86. The quantitative estimate of drug-likeness (QED) is 0.853. The summed E-state index contributed by atoms with van der Waals surface area (Å²) >= 11 is 0. The van der Waals surface area contributed by atoms with Crippen LogP contribution in [0.25, 0.3) is 0 Å². The van der Waals surface area contributed by atoms with Crippen LogP contribution in [0.3, 0.4) is 0 Å². The van der Waals surface area contributed by atoms with Gasteiger partial charge in [0.25, 0.3) is 0 Å². The summed E-state index contributed by atoms with van der Waals surface area (Å²) in [6, 6.07) is 6.27. The first-order valence-corrected chi connectivity index (χ1v) is 7.62. The first-order chi connectivity index (χ1) is 9.99. The average Bonchev–Trinajstić information content (AvgIpc) is 2.46. The Morgan fingerprint density at radius 3 is 2.81 bits per heavy atom. The first kappa shape index (κ1) is 15.8. The van der Waals surface area contributed by atoms with Gasteiger partial charge in [-0.25, -0.2) is 9.18 Å². The zero-order chi connectivity index (χ0) is 15.5. The standard InChI is InChI=1S/C17H24FNO2/c1-12(2)15-9-4-5-10-17(15,16(20)21-3)19-14-8-6-7-13(18)11-14/h6-8,11-12,15,19H,4-5,9-10H2,1-3H3. The largest absolute Gasteiger partial charge is 0.467 e. The van der Waals surface area contributed by atoms with Crippen molar-refractivity contribution < 1.29 is 13.9 Å². The van der Waals surface area contributed by atoms with Crippen molar-refractivity contribution in [3.63, 3.8) is 0 Å². The number of carbonyl (C=O) groups excluding carboxylic acids is 1. The molecule has 0 amide bonds. The molecular weight excluding hydrogens is 269 g/mol. The van der Waals surface area contributed by atoms with Crippen molar-refractivity contribution >= 4 is 11.7 Å². The lowest BCUT2D eigenvalue weighted by Gasteiger charge is -2.45. The Morgan fingerprint density at radius 1 is 1.43 bits per heavy atom. The maximum absolute atomic E-state index is 13.4. The summed E-state index contributed by atoms with van der Waals surface area (Å²) < 4.78 is 18.5. The molecule has 1 aliphatic carbocycles. The lowest BCUT2D eigenvalue weighted by atomic mass is 9.67. The Bertz CT molecular complexity index is 503. The van der Waals surface area contributed by atoms with Crippen molar-refractivity contribution in [2.45, 2.75) is 45.1 Å². The lowest BCUT2D eigenvalue weighted by molar-refractivity contribution is -0.150. The summed E-state index contributed by atoms with van der Waals surface area (Å²) in [6.07, 6.45) is 3.79. The number of rotatable bonds is 4.